The lowest BCUT2D eigenvalue weighted by Crippen LogP contribution is -2.11. The van der Waals surface area contributed by atoms with Crippen LogP contribution in [0.5, 0.6) is 0 Å². The van der Waals surface area contributed by atoms with E-state index in [0.717, 1.165) is 0 Å². The summed E-state index contributed by atoms with van der Waals surface area (Å²) in [6, 6.07) is 8.79. The molecule has 0 aliphatic heterocycles. The number of nitrogens with two attached hydrogens (primary N) is 1. The largest absolute Gasteiger partial charge is 0.462 e. The van der Waals surface area contributed by atoms with Crippen LogP contribution >= 0.6 is 0 Å². The van der Waals surface area contributed by atoms with Crippen molar-refractivity contribution in [2.45, 2.75) is 13.8 Å². The third-order valence-electron chi connectivity index (χ3n) is 2.38. The van der Waals surface area contributed by atoms with Crippen LogP contribution in [0.2, 0.25) is 0 Å². The van der Waals surface area contributed by atoms with Crippen molar-refractivity contribution in [3.05, 3.63) is 59.3 Å². The van der Waals surface area contributed by atoms with Crippen LogP contribution in [-0.4, -0.2) is 18.4 Å². The zero-order valence-corrected chi connectivity index (χ0v) is 11.1. The molecule has 0 aliphatic carbocycles. The maximum absolute atomic E-state index is 11.8. The first-order chi connectivity index (χ1) is 9.06. The van der Waals surface area contributed by atoms with Gasteiger partial charge < -0.3 is 10.5 Å². The first-order valence-corrected chi connectivity index (χ1v) is 5.97. The molecule has 1 rings (SSSR count). The fourth-order valence-corrected chi connectivity index (χ4v) is 1.43. The lowest BCUT2D eigenvalue weighted by molar-refractivity contribution is -0.138. The average molecular weight is 259 g/mol. The summed E-state index contributed by atoms with van der Waals surface area (Å²) in [6.07, 6.45) is 2.71. The van der Waals surface area contributed by atoms with Gasteiger partial charge in [0, 0.05) is 11.3 Å². The molecule has 19 heavy (non-hydrogen) atoms. The van der Waals surface area contributed by atoms with Gasteiger partial charge in [0.1, 0.15) is 0 Å². The number of ketones is 1. The maximum atomic E-state index is 11.8. The molecule has 0 saturated carbocycles. The standard InChI is InChI=1S/C15H17NO3/c1-3-19-15(18)13(11(2)16)9-10-14(17)12-7-5-4-6-8-12/h4-10H,3,16H2,1-2H3. The lowest BCUT2D eigenvalue weighted by Gasteiger charge is -2.04. The molecular formula is C15H17NO3. The van der Waals surface area contributed by atoms with Gasteiger partial charge in [-0.15, -0.1) is 0 Å². The normalized spacial score (nSPS) is 12.1. The van der Waals surface area contributed by atoms with Crippen molar-refractivity contribution in [1.82, 2.24) is 0 Å². The van der Waals surface area contributed by atoms with E-state index in [9.17, 15) is 9.59 Å². The van der Waals surface area contributed by atoms with E-state index in [4.69, 9.17) is 10.5 Å². The van der Waals surface area contributed by atoms with E-state index in [1.807, 2.05) is 6.07 Å². The fourth-order valence-electron chi connectivity index (χ4n) is 1.43. The van der Waals surface area contributed by atoms with Crippen LogP contribution in [0.15, 0.2) is 53.8 Å². The Hall–Kier alpha value is -2.36. The van der Waals surface area contributed by atoms with E-state index in [1.54, 1.807) is 38.1 Å². The van der Waals surface area contributed by atoms with E-state index < -0.39 is 5.97 Å². The summed E-state index contributed by atoms with van der Waals surface area (Å²) in [6.45, 7) is 3.56. The first kappa shape index (κ1) is 14.7. The molecular weight excluding hydrogens is 242 g/mol. The van der Waals surface area contributed by atoms with Crippen LogP contribution in [0.1, 0.15) is 24.2 Å². The number of benzene rings is 1. The predicted molar refractivity (Wildman–Crippen MR) is 73.4 cm³/mol. The van der Waals surface area contributed by atoms with Crippen LogP contribution in [-0.2, 0) is 9.53 Å². The highest BCUT2D eigenvalue weighted by Gasteiger charge is 2.10. The molecule has 0 aromatic heterocycles. The highest BCUT2D eigenvalue weighted by Crippen LogP contribution is 2.07. The fraction of sp³-hybridized carbons (Fsp3) is 0.200. The molecule has 0 atom stereocenters. The summed E-state index contributed by atoms with van der Waals surface area (Å²) in [5.41, 5.74) is 6.68. The van der Waals surface area contributed by atoms with Gasteiger partial charge in [-0.3, -0.25) is 4.79 Å². The summed E-state index contributed by atoms with van der Waals surface area (Å²) < 4.78 is 4.86. The van der Waals surface area contributed by atoms with Crippen LogP contribution in [0.3, 0.4) is 0 Å². The molecule has 0 fully saturated rings. The van der Waals surface area contributed by atoms with Crippen molar-refractivity contribution < 1.29 is 14.3 Å². The Bertz CT molecular complexity index is 511. The summed E-state index contributed by atoms with van der Waals surface area (Å²) >= 11 is 0. The summed E-state index contributed by atoms with van der Waals surface area (Å²) in [4.78, 5) is 23.5. The molecule has 0 unspecified atom stereocenters. The summed E-state index contributed by atoms with van der Waals surface area (Å²) in [5.74, 6) is -0.719. The van der Waals surface area contributed by atoms with E-state index in [2.05, 4.69) is 0 Å². The summed E-state index contributed by atoms with van der Waals surface area (Å²) in [5, 5.41) is 0. The Morgan fingerprint density at radius 1 is 1.21 bits per heavy atom. The zero-order chi connectivity index (χ0) is 14.3. The van der Waals surface area contributed by atoms with Gasteiger partial charge in [-0.2, -0.15) is 0 Å². The Balaban J connectivity index is 2.87. The highest BCUT2D eigenvalue weighted by molar-refractivity contribution is 6.06. The minimum absolute atomic E-state index is 0.191. The molecule has 0 heterocycles. The Kier molecular flexibility index (Phi) is 5.54. The van der Waals surface area contributed by atoms with Gasteiger partial charge in [0.25, 0.3) is 0 Å². The number of allylic oxidation sites excluding steroid dienone is 2. The average Bonchev–Trinajstić information content (AvgIpc) is 2.39. The number of esters is 1. The predicted octanol–water partition coefficient (Wildman–Crippen LogP) is 2.22. The second kappa shape index (κ2) is 7.16. The number of ether oxygens (including phenoxy) is 1. The van der Waals surface area contributed by atoms with Crippen molar-refractivity contribution in [3.63, 3.8) is 0 Å². The van der Waals surface area contributed by atoms with Gasteiger partial charge in [0.15, 0.2) is 5.78 Å². The number of carbonyl (C=O) groups excluding carboxylic acids is 2. The smallest absolute Gasteiger partial charge is 0.339 e. The Labute approximate surface area is 112 Å². The van der Waals surface area contributed by atoms with Crippen molar-refractivity contribution in [2.24, 2.45) is 5.73 Å². The van der Waals surface area contributed by atoms with Gasteiger partial charge in [-0.25, -0.2) is 4.79 Å². The van der Waals surface area contributed by atoms with Gasteiger partial charge in [-0.1, -0.05) is 30.3 Å². The minimum Gasteiger partial charge on any atom is -0.462 e. The molecule has 0 radical (unpaired) electrons. The molecule has 4 nitrogen and oxygen atoms in total. The van der Waals surface area contributed by atoms with Gasteiger partial charge >= 0.3 is 5.97 Å². The molecule has 0 aliphatic rings. The molecule has 0 amide bonds. The quantitative estimate of drug-likeness (QED) is 0.381. The molecule has 0 spiro atoms. The third-order valence-corrected chi connectivity index (χ3v) is 2.38. The van der Waals surface area contributed by atoms with Crippen molar-refractivity contribution in [2.75, 3.05) is 6.61 Å². The number of carbonyl (C=O) groups is 2. The van der Waals surface area contributed by atoms with Crippen LogP contribution in [0.4, 0.5) is 0 Å². The second-order valence-electron chi connectivity index (χ2n) is 3.88. The molecule has 2 N–H and O–H groups in total. The van der Waals surface area contributed by atoms with Crippen LogP contribution in [0, 0.1) is 0 Å². The van der Waals surface area contributed by atoms with E-state index >= 15 is 0 Å². The Morgan fingerprint density at radius 3 is 2.37 bits per heavy atom. The first-order valence-electron chi connectivity index (χ1n) is 5.97. The molecule has 1 aromatic rings. The number of rotatable bonds is 5. The highest BCUT2D eigenvalue weighted by atomic mass is 16.5. The molecule has 4 heteroatoms. The van der Waals surface area contributed by atoms with Crippen LogP contribution in [0.25, 0.3) is 0 Å². The van der Waals surface area contributed by atoms with E-state index in [-0.39, 0.29) is 18.0 Å². The number of hydrogen-bond acceptors (Lipinski definition) is 4. The molecule has 100 valence electrons. The number of hydrogen-bond donors (Lipinski definition) is 1. The van der Waals surface area contributed by atoms with Gasteiger partial charge in [0.2, 0.25) is 0 Å². The van der Waals surface area contributed by atoms with Gasteiger partial charge in [-0.05, 0) is 26.0 Å². The topological polar surface area (TPSA) is 69.4 Å². The van der Waals surface area contributed by atoms with Crippen molar-refractivity contribution >= 4 is 11.8 Å². The second-order valence-corrected chi connectivity index (χ2v) is 3.88. The Morgan fingerprint density at radius 2 is 1.84 bits per heavy atom. The zero-order valence-electron chi connectivity index (χ0n) is 11.1. The van der Waals surface area contributed by atoms with Crippen LogP contribution < -0.4 is 5.73 Å². The molecule has 0 saturated heterocycles. The lowest BCUT2D eigenvalue weighted by atomic mass is 10.1. The van der Waals surface area contributed by atoms with Crippen molar-refractivity contribution in [1.29, 1.82) is 0 Å². The van der Waals surface area contributed by atoms with E-state index in [0.29, 0.717) is 11.3 Å². The monoisotopic (exact) mass is 259 g/mol. The van der Waals surface area contributed by atoms with Gasteiger partial charge in [0.05, 0.1) is 12.2 Å². The minimum atomic E-state index is -0.528. The molecule has 1 aromatic carbocycles. The molecule has 0 bridgehead atoms. The SMILES string of the molecule is CCOC(=O)C(C=CC(=O)c1ccccc1)=C(C)N. The summed E-state index contributed by atoms with van der Waals surface area (Å²) in [7, 11) is 0. The van der Waals surface area contributed by atoms with Crippen molar-refractivity contribution in [3.8, 4) is 0 Å². The van der Waals surface area contributed by atoms with E-state index in [1.165, 1.54) is 12.2 Å². The maximum Gasteiger partial charge on any atom is 0.339 e. The third kappa shape index (κ3) is 4.43.